The highest BCUT2D eigenvalue weighted by atomic mass is 16.5. The van der Waals surface area contributed by atoms with E-state index in [-0.39, 0.29) is 11.8 Å². The Kier molecular flexibility index (Phi) is 8.19. The van der Waals surface area contributed by atoms with E-state index in [1.54, 1.807) is 13.1 Å². The van der Waals surface area contributed by atoms with Crippen LogP contribution in [0, 0.1) is 0 Å². The summed E-state index contributed by atoms with van der Waals surface area (Å²) in [4.78, 5) is 29.9. The Hall–Kier alpha value is -2.90. The molecule has 2 aromatic rings. The lowest BCUT2D eigenvalue weighted by Crippen LogP contribution is -2.38. The lowest BCUT2D eigenvalue weighted by atomic mass is 9.98. The Morgan fingerprint density at radius 2 is 1.85 bits per heavy atom. The molecule has 2 heterocycles. The summed E-state index contributed by atoms with van der Waals surface area (Å²) in [5.74, 6) is 0.631. The number of amides is 2. The molecule has 0 aliphatic carbocycles. The van der Waals surface area contributed by atoms with Gasteiger partial charge in [0.2, 0.25) is 0 Å². The third kappa shape index (κ3) is 5.77. The summed E-state index contributed by atoms with van der Waals surface area (Å²) >= 11 is 0. The molecule has 0 saturated carbocycles. The minimum absolute atomic E-state index is 0.0572. The monoisotopic (exact) mass is 465 g/mol. The molecule has 0 aromatic heterocycles. The zero-order chi connectivity index (χ0) is 23.9. The van der Waals surface area contributed by atoms with E-state index in [1.165, 1.54) is 0 Å². The van der Waals surface area contributed by atoms with Gasteiger partial charge in [-0.1, -0.05) is 25.5 Å². The third-order valence-electron chi connectivity index (χ3n) is 6.60. The van der Waals surface area contributed by atoms with Crippen molar-refractivity contribution < 1.29 is 19.1 Å². The lowest BCUT2D eigenvalue weighted by Gasteiger charge is -2.26. The van der Waals surface area contributed by atoms with Crippen molar-refractivity contribution in [3.8, 4) is 5.75 Å². The largest absolute Gasteiger partial charge is 0.492 e. The maximum atomic E-state index is 13.3. The Labute approximate surface area is 202 Å². The second kappa shape index (κ2) is 11.5. The van der Waals surface area contributed by atoms with Crippen molar-refractivity contribution in [2.75, 3.05) is 46.5 Å². The summed E-state index contributed by atoms with van der Waals surface area (Å²) in [5, 5.41) is 2.70. The van der Waals surface area contributed by atoms with Crippen LogP contribution in [-0.2, 0) is 24.2 Å². The van der Waals surface area contributed by atoms with Gasteiger partial charge in [-0.2, -0.15) is 0 Å². The van der Waals surface area contributed by atoms with E-state index < -0.39 is 0 Å². The van der Waals surface area contributed by atoms with Gasteiger partial charge in [-0.25, -0.2) is 0 Å². The maximum Gasteiger partial charge on any atom is 0.254 e. The maximum absolute atomic E-state index is 13.3. The van der Waals surface area contributed by atoms with E-state index >= 15 is 0 Å². The highest BCUT2D eigenvalue weighted by Crippen LogP contribution is 2.28. The SMILES string of the molecule is CCCCc1ccc(C(=O)N2Cc3ccc(OCCN4CCOCC4)cc3C2)cc1C(=O)NC. The number of nitrogens with zero attached hydrogens (tertiary/aromatic N) is 2. The predicted molar refractivity (Wildman–Crippen MR) is 131 cm³/mol. The van der Waals surface area contributed by atoms with Crippen molar-refractivity contribution in [1.29, 1.82) is 0 Å². The van der Waals surface area contributed by atoms with Gasteiger partial charge in [0.1, 0.15) is 12.4 Å². The fourth-order valence-electron chi connectivity index (χ4n) is 4.54. The van der Waals surface area contributed by atoms with Crippen LogP contribution in [0.15, 0.2) is 36.4 Å². The molecule has 0 spiro atoms. The number of ether oxygens (including phenoxy) is 2. The minimum Gasteiger partial charge on any atom is -0.492 e. The third-order valence-corrected chi connectivity index (χ3v) is 6.60. The second-order valence-corrected chi connectivity index (χ2v) is 8.95. The number of benzene rings is 2. The molecular weight excluding hydrogens is 430 g/mol. The van der Waals surface area contributed by atoms with Crippen molar-refractivity contribution in [3.05, 3.63) is 64.2 Å². The summed E-state index contributed by atoms with van der Waals surface area (Å²) in [6.07, 6.45) is 2.89. The van der Waals surface area contributed by atoms with E-state index in [0.29, 0.717) is 30.8 Å². The normalized spacial score (nSPS) is 15.8. The molecule has 34 heavy (non-hydrogen) atoms. The molecule has 0 radical (unpaired) electrons. The molecule has 182 valence electrons. The van der Waals surface area contributed by atoms with Gasteiger partial charge in [0.05, 0.1) is 13.2 Å². The number of fused-ring (bicyclic) bond motifs is 1. The first-order valence-electron chi connectivity index (χ1n) is 12.3. The van der Waals surface area contributed by atoms with Gasteiger partial charge >= 0.3 is 0 Å². The molecule has 0 unspecified atom stereocenters. The quantitative estimate of drug-likeness (QED) is 0.616. The van der Waals surface area contributed by atoms with Crippen molar-refractivity contribution in [2.24, 2.45) is 0 Å². The van der Waals surface area contributed by atoms with Crippen LogP contribution in [0.25, 0.3) is 0 Å². The van der Waals surface area contributed by atoms with Crippen molar-refractivity contribution in [2.45, 2.75) is 39.3 Å². The lowest BCUT2D eigenvalue weighted by molar-refractivity contribution is 0.0322. The fourth-order valence-corrected chi connectivity index (χ4v) is 4.54. The van der Waals surface area contributed by atoms with Crippen LogP contribution in [0.1, 0.15) is 57.2 Å². The van der Waals surface area contributed by atoms with Crippen LogP contribution in [0.3, 0.4) is 0 Å². The Balaban J connectivity index is 1.39. The first kappa shape index (κ1) is 24.2. The molecule has 2 aromatic carbocycles. The van der Waals surface area contributed by atoms with Gasteiger partial charge in [0.15, 0.2) is 0 Å². The number of unbranched alkanes of at least 4 members (excludes halogenated alkanes) is 1. The molecule has 7 nitrogen and oxygen atoms in total. The molecule has 0 atom stereocenters. The highest BCUT2D eigenvalue weighted by Gasteiger charge is 2.26. The summed E-state index contributed by atoms with van der Waals surface area (Å²) in [6.45, 7) is 8.22. The standard InChI is InChI=1S/C27H35N3O4/c1-3-4-5-20-6-7-21(17-25(20)26(31)28-2)27(32)30-18-22-8-9-24(16-23(22)19-30)34-15-12-29-10-13-33-14-11-29/h6-9,16-17H,3-5,10-15,18-19H2,1-2H3,(H,28,31). The summed E-state index contributed by atoms with van der Waals surface area (Å²) < 4.78 is 11.4. The van der Waals surface area contributed by atoms with Crippen LogP contribution in [0.5, 0.6) is 5.75 Å². The molecule has 2 amide bonds. The van der Waals surface area contributed by atoms with Gasteiger partial charge in [0, 0.05) is 50.9 Å². The number of rotatable bonds is 9. The van der Waals surface area contributed by atoms with Crippen LogP contribution >= 0.6 is 0 Å². The molecule has 1 N–H and O–H groups in total. The topological polar surface area (TPSA) is 71.1 Å². The predicted octanol–water partition coefficient (Wildman–Crippen LogP) is 3.26. The van der Waals surface area contributed by atoms with Gasteiger partial charge in [0.25, 0.3) is 11.8 Å². The number of hydrogen-bond acceptors (Lipinski definition) is 5. The molecule has 4 rings (SSSR count). The van der Waals surface area contributed by atoms with E-state index in [1.807, 2.05) is 29.2 Å². The number of hydrogen-bond donors (Lipinski definition) is 1. The van der Waals surface area contributed by atoms with Gasteiger partial charge in [-0.05, 0) is 53.8 Å². The number of carbonyl (C=O) groups is 2. The molecule has 0 bridgehead atoms. The molecule has 2 aliphatic rings. The molecular formula is C27H35N3O4. The first-order valence-corrected chi connectivity index (χ1v) is 12.3. The number of carbonyl (C=O) groups excluding carboxylic acids is 2. The average molecular weight is 466 g/mol. The zero-order valence-corrected chi connectivity index (χ0v) is 20.3. The molecule has 2 aliphatic heterocycles. The van der Waals surface area contributed by atoms with Crippen molar-refractivity contribution in [1.82, 2.24) is 15.1 Å². The second-order valence-electron chi connectivity index (χ2n) is 8.95. The van der Waals surface area contributed by atoms with Crippen molar-refractivity contribution >= 4 is 11.8 Å². The minimum atomic E-state index is -0.149. The van der Waals surface area contributed by atoms with E-state index in [0.717, 1.165) is 74.6 Å². The fraction of sp³-hybridized carbons (Fsp3) is 0.481. The number of nitrogens with one attached hydrogen (secondary N) is 1. The van der Waals surface area contributed by atoms with Crippen LogP contribution < -0.4 is 10.1 Å². The van der Waals surface area contributed by atoms with E-state index in [9.17, 15) is 9.59 Å². The Morgan fingerprint density at radius 3 is 2.62 bits per heavy atom. The Morgan fingerprint density at radius 1 is 1.06 bits per heavy atom. The summed E-state index contributed by atoms with van der Waals surface area (Å²) in [6, 6.07) is 11.6. The van der Waals surface area contributed by atoms with Gasteiger partial charge in [-0.15, -0.1) is 0 Å². The van der Waals surface area contributed by atoms with Crippen LogP contribution in [0.2, 0.25) is 0 Å². The number of morpholine rings is 1. The van der Waals surface area contributed by atoms with Gasteiger partial charge in [-0.3, -0.25) is 14.5 Å². The summed E-state index contributed by atoms with van der Waals surface area (Å²) in [5.41, 5.74) is 4.38. The molecule has 7 heteroatoms. The number of aryl methyl sites for hydroxylation is 1. The Bertz CT molecular complexity index is 1020. The van der Waals surface area contributed by atoms with Crippen molar-refractivity contribution in [3.63, 3.8) is 0 Å². The van der Waals surface area contributed by atoms with E-state index in [4.69, 9.17) is 9.47 Å². The van der Waals surface area contributed by atoms with Crippen LogP contribution in [0.4, 0.5) is 0 Å². The van der Waals surface area contributed by atoms with Gasteiger partial charge < -0.3 is 19.7 Å². The highest BCUT2D eigenvalue weighted by molar-refractivity contribution is 6.00. The van der Waals surface area contributed by atoms with E-state index in [2.05, 4.69) is 23.2 Å². The molecule has 1 fully saturated rings. The van der Waals surface area contributed by atoms with Crippen LogP contribution in [-0.4, -0.2) is 68.1 Å². The zero-order valence-electron chi connectivity index (χ0n) is 20.3. The average Bonchev–Trinajstić information content (AvgIpc) is 3.30. The molecule has 1 saturated heterocycles. The first-order chi connectivity index (χ1) is 16.6. The smallest absolute Gasteiger partial charge is 0.254 e. The summed E-state index contributed by atoms with van der Waals surface area (Å²) in [7, 11) is 1.62.